The molecule has 24 heavy (non-hydrogen) atoms. The van der Waals surface area contributed by atoms with E-state index in [2.05, 4.69) is 4.74 Å². The third-order valence-electron chi connectivity index (χ3n) is 4.09. The standard InChI is InChI=1S/C18H17NO5/c1-23-14-9-5-11(6-10-14)15-16(20)17(21)19(15)13-7-3-12(4-8-13)18(22)24-2/h3-10,15-16,20H,1-2H3. The first-order chi connectivity index (χ1) is 11.6. The van der Waals surface area contributed by atoms with Gasteiger partial charge in [0.1, 0.15) is 5.75 Å². The Kier molecular flexibility index (Phi) is 4.22. The summed E-state index contributed by atoms with van der Waals surface area (Å²) in [5.41, 5.74) is 1.81. The third kappa shape index (κ3) is 2.61. The van der Waals surface area contributed by atoms with Crippen molar-refractivity contribution < 1.29 is 24.2 Å². The summed E-state index contributed by atoms with van der Waals surface area (Å²) in [6.45, 7) is 0. The molecule has 3 rings (SSSR count). The van der Waals surface area contributed by atoms with Gasteiger partial charge in [0.25, 0.3) is 5.91 Å². The van der Waals surface area contributed by atoms with Crippen molar-refractivity contribution in [3.05, 3.63) is 59.7 Å². The van der Waals surface area contributed by atoms with Crippen molar-refractivity contribution in [1.29, 1.82) is 0 Å². The molecule has 1 aliphatic rings. The lowest BCUT2D eigenvalue weighted by molar-refractivity contribution is -0.137. The van der Waals surface area contributed by atoms with E-state index in [1.54, 1.807) is 43.5 Å². The fourth-order valence-corrected chi connectivity index (χ4v) is 2.77. The van der Waals surface area contributed by atoms with Crippen LogP contribution >= 0.6 is 0 Å². The fourth-order valence-electron chi connectivity index (χ4n) is 2.77. The van der Waals surface area contributed by atoms with Crippen molar-refractivity contribution >= 4 is 17.6 Å². The van der Waals surface area contributed by atoms with Gasteiger partial charge in [0.05, 0.1) is 25.8 Å². The monoisotopic (exact) mass is 327 g/mol. The van der Waals surface area contributed by atoms with Gasteiger partial charge in [-0.05, 0) is 42.0 Å². The molecule has 0 spiro atoms. The summed E-state index contributed by atoms with van der Waals surface area (Å²) >= 11 is 0. The lowest BCUT2D eigenvalue weighted by Gasteiger charge is -2.44. The van der Waals surface area contributed by atoms with Gasteiger partial charge in [-0.25, -0.2) is 4.79 Å². The highest BCUT2D eigenvalue weighted by Gasteiger charge is 2.47. The average molecular weight is 327 g/mol. The van der Waals surface area contributed by atoms with Crippen LogP contribution in [0.1, 0.15) is 22.0 Å². The number of benzene rings is 2. The van der Waals surface area contributed by atoms with Crippen LogP contribution in [0.5, 0.6) is 5.75 Å². The first-order valence-electron chi connectivity index (χ1n) is 7.40. The van der Waals surface area contributed by atoms with Gasteiger partial charge in [-0.3, -0.25) is 9.69 Å². The van der Waals surface area contributed by atoms with Crippen LogP contribution in [0.4, 0.5) is 5.69 Å². The molecule has 0 aromatic heterocycles. The Morgan fingerprint density at radius 3 is 2.21 bits per heavy atom. The number of aliphatic hydroxyl groups is 1. The summed E-state index contributed by atoms with van der Waals surface area (Å²) in [6.07, 6.45) is -1.08. The maximum atomic E-state index is 12.1. The second kappa shape index (κ2) is 6.33. The lowest BCUT2D eigenvalue weighted by atomic mass is 9.90. The molecule has 1 heterocycles. The zero-order chi connectivity index (χ0) is 17.3. The van der Waals surface area contributed by atoms with Crippen LogP contribution in [0, 0.1) is 0 Å². The van der Waals surface area contributed by atoms with Crippen molar-refractivity contribution in [1.82, 2.24) is 0 Å². The minimum Gasteiger partial charge on any atom is -0.497 e. The number of methoxy groups -OCH3 is 2. The van der Waals surface area contributed by atoms with Crippen LogP contribution in [0.15, 0.2) is 48.5 Å². The van der Waals surface area contributed by atoms with Crippen molar-refractivity contribution in [2.75, 3.05) is 19.1 Å². The van der Waals surface area contributed by atoms with Crippen LogP contribution in [0.2, 0.25) is 0 Å². The summed E-state index contributed by atoms with van der Waals surface area (Å²) in [6, 6.07) is 13.2. The summed E-state index contributed by atoms with van der Waals surface area (Å²) in [5, 5.41) is 10.1. The van der Waals surface area contributed by atoms with Gasteiger partial charge in [-0.1, -0.05) is 12.1 Å². The highest BCUT2D eigenvalue weighted by molar-refractivity contribution is 6.05. The molecule has 1 N–H and O–H groups in total. The Hall–Kier alpha value is -2.86. The van der Waals surface area contributed by atoms with Gasteiger partial charge in [-0.2, -0.15) is 0 Å². The van der Waals surface area contributed by atoms with E-state index >= 15 is 0 Å². The predicted octanol–water partition coefficient (Wildman–Crippen LogP) is 1.93. The molecule has 0 aliphatic carbocycles. The maximum Gasteiger partial charge on any atom is 0.337 e. The zero-order valence-corrected chi connectivity index (χ0v) is 13.3. The Morgan fingerprint density at radius 1 is 1.04 bits per heavy atom. The maximum absolute atomic E-state index is 12.1. The molecule has 1 saturated heterocycles. The van der Waals surface area contributed by atoms with Crippen molar-refractivity contribution in [2.45, 2.75) is 12.1 Å². The van der Waals surface area contributed by atoms with Crippen LogP contribution in [0.25, 0.3) is 0 Å². The Balaban J connectivity index is 1.87. The van der Waals surface area contributed by atoms with Crippen molar-refractivity contribution in [3.8, 4) is 5.75 Å². The molecule has 0 radical (unpaired) electrons. The number of nitrogens with zero attached hydrogens (tertiary/aromatic N) is 1. The summed E-state index contributed by atoms with van der Waals surface area (Å²) in [7, 11) is 2.89. The molecule has 0 saturated carbocycles. The van der Waals surface area contributed by atoms with E-state index in [1.807, 2.05) is 12.1 Å². The molecule has 1 fully saturated rings. The van der Waals surface area contributed by atoms with Gasteiger partial charge >= 0.3 is 5.97 Å². The number of hydrogen-bond acceptors (Lipinski definition) is 5. The van der Waals surface area contributed by atoms with Crippen molar-refractivity contribution in [3.63, 3.8) is 0 Å². The van der Waals surface area contributed by atoms with Gasteiger partial charge in [0.2, 0.25) is 0 Å². The minimum absolute atomic E-state index is 0.373. The first-order valence-corrected chi connectivity index (χ1v) is 7.40. The quantitative estimate of drug-likeness (QED) is 0.686. The number of hydrogen-bond donors (Lipinski definition) is 1. The number of esters is 1. The van der Waals surface area contributed by atoms with E-state index in [4.69, 9.17) is 4.74 Å². The smallest absolute Gasteiger partial charge is 0.337 e. The number of aliphatic hydroxyl groups excluding tert-OH is 1. The minimum atomic E-state index is -1.08. The molecular weight excluding hydrogens is 310 g/mol. The predicted molar refractivity (Wildman–Crippen MR) is 87.0 cm³/mol. The van der Waals surface area contributed by atoms with Crippen LogP contribution < -0.4 is 9.64 Å². The lowest BCUT2D eigenvalue weighted by Crippen LogP contribution is -2.59. The summed E-state index contributed by atoms with van der Waals surface area (Å²) in [5.74, 6) is -0.113. The summed E-state index contributed by atoms with van der Waals surface area (Å²) < 4.78 is 9.78. The molecule has 2 atom stereocenters. The van der Waals surface area contributed by atoms with E-state index in [9.17, 15) is 14.7 Å². The van der Waals surface area contributed by atoms with E-state index in [1.165, 1.54) is 12.0 Å². The third-order valence-corrected chi connectivity index (χ3v) is 4.09. The molecule has 6 heteroatoms. The SMILES string of the molecule is COC(=O)c1ccc(N2C(=O)C(O)C2c2ccc(OC)cc2)cc1. The highest BCUT2D eigenvalue weighted by Crippen LogP contribution is 2.39. The highest BCUT2D eigenvalue weighted by atomic mass is 16.5. The van der Waals surface area contributed by atoms with Gasteiger partial charge in [-0.15, -0.1) is 0 Å². The zero-order valence-electron chi connectivity index (χ0n) is 13.3. The van der Waals surface area contributed by atoms with Gasteiger partial charge in [0, 0.05) is 5.69 Å². The number of carbonyl (C=O) groups is 2. The second-order valence-electron chi connectivity index (χ2n) is 5.41. The van der Waals surface area contributed by atoms with Gasteiger partial charge in [0.15, 0.2) is 6.10 Å². The van der Waals surface area contributed by atoms with Crippen molar-refractivity contribution in [2.24, 2.45) is 0 Å². The molecule has 1 amide bonds. The molecule has 0 bridgehead atoms. The van der Waals surface area contributed by atoms with E-state index < -0.39 is 18.1 Å². The number of carbonyl (C=O) groups excluding carboxylic acids is 2. The second-order valence-corrected chi connectivity index (χ2v) is 5.41. The number of β-lactam (4-membered cyclic amide) rings is 1. The van der Waals surface area contributed by atoms with E-state index in [-0.39, 0.29) is 5.91 Å². The Morgan fingerprint density at radius 2 is 1.67 bits per heavy atom. The number of anilines is 1. The molecular formula is C18H17NO5. The fraction of sp³-hybridized carbons (Fsp3) is 0.222. The molecule has 2 aromatic rings. The molecule has 6 nitrogen and oxygen atoms in total. The Bertz CT molecular complexity index is 754. The molecule has 1 aliphatic heterocycles. The van der Waals surface area contributed by atoms with Gasteiger partial charge < -0.3 is 14.6 Å². The average Bonchev–Trinajstić information content (AvgIpc) is 2.65. The van der Waals surface area contributed by atoms with Crippen LogP contribution in [-0.4, -0.2) is 37.3 Å². The summed E-state index contributed by atoms with van der Waals surface area (Å²) in [4.78, 5) is 25.1. The first kappa shape index (κ1) is 16.0. The Labute approximate surface area is 139 Å². The molecule has 2 aromatic carbocycles. The number of ether oxygens (including phenoxy) is 2. The van der Waals surface area contributed by atoms with Crippen LogP contribution in [0.3, 0.4) is 0 Å². The number of rotatable bonds is 4. The number of amides is 1. The molecule has 124 valence electrons. The normalized spacial score (nSPS) is 19.6. The molecule has 2 unspecified atom stereocenters. The van der Waals surface area contributed by atoms with E-state index in [0.29, 0.717) is 17.0 Å². The van der Waals surface area contributed by atoms with E-state index in [0.717, 1.165) is 5.56 Å². The van der Waals surface area contributed by atoms with Crippen LogP contribution in [-0.2, 0) is 9.53 Å². The topological polar surface area (TPSA) is 76.1 Å². The largest absolute Gasteiger partial charge is 0.497 e.